The van der Waals surface area contributed by atoms with Crippen molar-refractivity contribution < 1.29 is 45.0 Å². The Kier molecular flexibility index (Phi) is 12.6. The number of aryl methyl sites for hydroxylation is 4. The zero-order valence-electron chi connectivity index (χ0n) is 31.9. The van der Waals surface area contributed by atoms with Crippen LogP contribution in [0.5, 0.6) is 6.01 Å². The first-order valence-corrected chi connectivity index (χ1v) is 20.4. The average Bonchev–Trinajstić information content (AvgIpc) is 3.52. The molecule has 0 atom stereocenters. The molecule has 0 unspecified atom stereocenters. The minimum atomic E-state index is -5.92. The molecule has 0 N–H and O–H groups in total. The van der Waals surface area contributed by atoms with Crippen LogP contribution in [0.1, 0.15) is 56.1 Å². The highest BCUT2D eigenvalue weighted by Gasteiger charge is 2.49. The van der Waals surface area contributed by atoms with Crippen molar-refractivity contribution in [2.24, 2.45) is 14.1 Å². The van der Waals surface area contributed by atoms with Crippen molar-refractivity contribution in [1.29, 1.82) is 0 Å². The molecule has 4 heterocycles. The third-order valence-corrected chi connectivity index (χ3v) is 11.5. The quantitative estimate of drug-likeness (QED) is 0.0861. The summed E-state index contributed by atoms with van der Waals surface area (Å²) < 4.78 is 68.5. The molecule has 0 aliphatic heterocycles. The number of carbonyl (C=O) groups excluding carboxylic acids is 2. The Bertz CT molecular complexity index is 2480. The van der Waals surface area contributed by atoms with E-state index in [1.807, 2.05) is 37.5 Å². The standard InChI is InChI=1S/C20H20BrN5O2S.C15H16F3N5O5S/c1-25-18-15(17(24-25)19(27)26(2)28-3)6-4-5-12-11-22-20(23-16(12)18)29-14-9-7-13(21)8-10-14;1-22-12-9(11(21-22)13(24)23(2)27-3)6-4-5-8-7-19-14(20-10(8)12)28-29(25,26)15(16,17)18/h7-11H,4-6H2,1-3H3;7H,4-6H2,1-3H3. The third-order valence-electron chi connectivity index (χ3n) is 9.19. The topological polar surface area (TPSA) is 190 Å². The summed E-state index contributed by atoms with van der Waals surface area (Å²) in [6.45, 7) is 0. The van der Waals surface area contributed by atoms with Gasteiger partial charge in [-0.3, -0.25) is 28.6 Å². The molecule has 0 fully saturated rings. The van der Waals surface area contributed by atoms with Gasteiger partial charge in [-0.2, -0.15) is 36.8 Å². The number of benzene rings is 1. The number of hydrogen-bond acceptors (Lipinski definition) is 14. The molecule has 4 aromatic heterocycles. The summed E-state index contributed by atoms with van der Waals surface area (Å²) in [5.74, 6) is -0.774. The molecule has 0 radical (unpaired) electrons. The molecule has 2 aliphatic rings. The number of hydrogen-bond donors (Lipinski definition) is 0. The molecule has 58 heavy (non-hydrogen) atoms. The third kappa shape index (κ3) is 8.72. The summed E-state index contributed by atoms with van der Waals surface area (Å²) >= 11 is 4.96. The summed E-state index contributed by atoms with van der Waals surface area (Å²) in [5.41, 5.74) is 0.202. The van der Waals surface area contributed by atoms with Gasteiger partial charge in [-0.05, 0) is 85.7 Å². The van der Waals surface area contributed by atoms with E-state index in [0.29, 0.717) is 46.9 Å². The molecule has 0 bridgehead atoms. The maximum atomic E-state index is 12.7. The predicted molar refractivity (Wildman–Crippen MR) is 205 cm³/mol. The summed E-state index contributed by atoms with van der Waals surface area (Å²) in [5, 5.41) is 11.5. The van der Waals surface area contributed by atoms with Crippen molar-refractivity contribution >= 4 is 49.6 Å². The lowest BCUT2D eigenvalue weighted by atomic mass is 10.1. The minimum Gasteiger partial charge on any atom is -0.337 e. The van der Waals surface area contributed by atoms with Gasteiger partial charge < -0.3 is 4.18 Å². The molecule has 23 heteroatoms. The van der Waals surface area contributed by atoms with Gasteiger partial charge in [-0.25, -0.2) is 25.1 Å². The molecule has 1 aromatic carbocycles. The molecule has 0 spiro atoms. The number of carbonyl (C=O) groups is 2. The molecule has 308 valence electrons. The Morgan fingerprint density at radius 3 is 1.76 bits per heavy atom. The molecule has 0 saturated heterocycles. The molecule has 7 rings (SSSR count). The number of aromatic nitrogens is 8. The molecule has 2 aliphatic carbocycles. The van der Waals surface area contributed by atoms with E-state index >= 15 is 0 Å². The van der Waals surface area contributed by atoms with E-state index in [-0.39, 0.29) is 17.3 Å². The van der Waals surface area contributed by atoms with Crippen LogP contribution in [-0.2, 0) is 59.6 Å². The van der Waals surface area contributed by atoms with Gasteiger partial charge in [0.05, 0.1) is 37.0 Å². The first kappa shape index (κ1) is 42.6. The van der Waals surface area contributed by atoms with E-state index in [4.69, 9.17) is 14.7 Å². The van der Waals surface area contributed by atoms with Crippen LogP contribution in [0.25, 0.3) is 22.8 Å². The van der Waals surface area contributed by atoms with Crippen LogP contribution >= 0.6 is 27.7 Å². The molecule has 2 amide bonds. The Balaban J connectivity index is 0.000000196. The average molecular weight is 910 g/mol. The van der Waals surface area contributed by atoms with Crippen molar-refractivity contribution in [2.75, 3.05) is 28.3 Å². The Labute approximate surface area is 343 Å². The summed E-state index contributed by atoms with van der Waals surface area (Å²) in [4.78, 5) is 53.1. The molecule has 17 nitrogen and oxygen atoms in total. The zero-order chi connectivity index (χ0) is 42.1. The molecular formula is C35H36BrF3N10O7S2. The lowest BCUT2D eigenvalue weighted by Gasteiger charge is -2.12. The van der Waals surface area contributed by atoms with Gasteiger partial charge >= 0.3 is 21.6 Å². The monoisotopic (exact) mass is 908 g/mol. The summed E-state index contributed by atoms with van der Waals surface area (Å²) in [6.07, 6.45) is 7.12. The number of fused-ring (bicyclic) bond motifs is 6. The van der Waals surface area contributed by atoms with Crippen LogP contribution in [0.4, 0.5) is 13.2 Å². The number of hydroxylamine groups is 4. The van der Waals surface area contributed by atoms with Gasteiger partial charge in [0.2, 0.25) is 0 Å². The van der Waals surface area contributed by atoms with E-state index < -0.39 is 27.5 Å². The first-order chi connectivity index (χ1) is 27.4. The van der Waals surface area contributed by atoms with Crippen LogP contribution in [0.2, 0.25) is 0 Å². The van der Waals surface area contributed by atoms with Crippen LogP contribution in [0.3, 0.4) is 0 Å². The van der Waals surface area contributed by atoms with E-state index in [0.717, 1.165) is 56.2 Å². The second kappa shape index (κ2) is 17.1. The van der Waals surface area contributed by atoms with Crippen molar-refractivity contribution in [2.45, 2.75) is 54.1 Å². The fraction of sp³-hybridized carbons (Fsp3) is 0.371. The van der Waals surface area contributed by atoms with Crippen molar-refractivity contribution in [1.82, 2.24) is 49.6 Å². The van der Waals surface area contributed by atoms with Crippen LogP contribution in [0, 0.1) is 0 Å². The zero-order valence-corrected chi connectivity index (χ0v) is 35.1. The fourth-order valence-corrected chi connectivity index (χ4v) is 7.68. The first-order valence-electron chi connectivity index (χ1n) is 17.4. The second-order valence-corrected chi connectivity index (χ2v) is 16.4. The number of amides is 2. The maximum absolute atomic E-state index is 12.7. The summed E-state index contributed by atoms with van der Waals surface area (Å²) in [6, 6.07) is 7.06. The van der Waals surface area contributed by atoms with E-state index in [1.54, 1.807) is 11.7 Å². The lowest BCUT2D eigenvalue weighted by Crippen LogP contribution is -2.28. The minimum absolute atomic E-state index is 0.101. The van der Waals surface area contributed by atoms with Gasteiger partial charge in [-0.15, -0.1) is 0 Å². The van der Waals surface area contributed by atoms with Gasteiger partial charge in [0, 0.05) is 61.1 Å². The van der Waals surface area contributed by atoms with Crippen LogP contribution in [-0.4, -0.2) is 104 Å². The lowest BCUT2D eigenvalue weighted by molar-refractivity contribution is -0.0761. The van der Waals surface area contributed by atoms with E-state index in [1.165, 1.54) is 56.0 Å². The second-order valence-electron chi connectivity index (χ2n) is 12.9. The van der Waals surface area contributed by atoms with Crippen LogP contribution < -0.4 is 4.18 Å². The molecule has 5 aromatic rings. The smallest absolute Gasteiger partial charge is 0.337 e. The van der Waals surface area contributed by atoms with E-state index in [9.17, 15) is 31.2 Å². The highest BCUT2D eigenvalue weighted by molar-refractivity contribution is 9.10. The largest absolute Gasteiger partial charge is 0.534 e. The maximum Gasteiger partial charge on any atom is 0.534 e. The summed E-state index contributed by atoms with van der Waals surface area (Å²) in [7, 11) is 3.23. The highest BCUT2D eigenvalue weighted by atomic mass is 79.9. The number of alkyl halides is 3. The Morgan fingerprint density at radius 2 is 1.28 bits per heavy atom. The highest BCUT2D eigenvalue weighted by Crippen LogP contribution is 2.37. The number of nitrogens with zero attached hydrogens (tertiary/aromatic N) is 10. The van der Waals surface area contributed by atoms with Gasteiger partial charge in [0.15, 0.2) is 16.5 Å². The Hall–Kier alpha value is -4.97. The van der Waals surface area contributed by atoms with Crippen molar-refractivity contribution in [3.05, 3.63) is 74.8 Å². The van der Waals surface area contributed by atoms with Crippen LogP contribution in [0.15, 0.2) is 51.2 Å². The fourth-order valence-electron chi connectivity index (χ4n) is 6.32. The number of halogens is 4. The van der Waals surface area contributed by atoms with Crippen molar-refractivity contribution in [3.8, 4) is 28.8 Å². The van der Waals surface area contributed by atoms with Gasteiger partial charge in [-0.1, -0.05) is 15.9 Å². The Morgan fingerprint density at radius 1 is 0.793 bits per heavy atom. The molecule has 0 saturated carbocycles. The normalized spacial score (nSPS) is 13.4. The van der Waals surface area contributed by atoms with Gasteiger partial charge in [0.1, 0.15) is 0 Å². The van der Waals surface area contributed by atoms with E-state index in [2.05, 4.69) is 45.3 Å². The molecular weight excluding hydrogens is 873 g/mol. The number of rotatable bonds is 8. The van der Waals surface area contributed by atoms with Crippen molar-refractivity contribution in [3.63, 3.8) is 0 Å². The van der Waals surface area contributed by atoms with Gasteiger partial charge in [0.25, 0.3) is 11.8 Å². The SMILES string of the molecule is CON(C)C(=O)c1nn(C)c2c1CCCc1cnc(OS(=O)(=O)C(F)(F)F)nc1-2.CON(C)C(=O)c1nn(C)c2c1CCCc1cnc(Sc3ccc(Br)cc3)nc1-2. The predicted octanol–water partition coefficient (Wildman–Crippen LogP) is 5.14.